The topological polar surface area (TPSA) is 13.7 Å². The van der Waals surface area contributed by atoms with E-state index in [1.165, 1.54) is 32.5 Å². The first kappa shape index (κ1) is 17.3. The molecule has 2 nitrogen and oxygen atoms in total. The van der Waals surface area contributed by atoms with E-state index in [4.69, 9.17) is 16.3 Å². The van der Waals surface area contributed by atoms with Crippen molar-refractivity contribution in [2.45, 2.75) is 47.0 Å². The Bertz CT molecular complexity index is 379. The average molecular weight is 299 g/mol. The molecule has 0 bridgehead atoms. The highest BCUT2D eigenvalue weighted by atomic mass is 35.5. The van der Waals surface area contributed by atoms with Crippen LogP contribution in [0.1, 0.15) is 44.2 Å². The molecule has 0 spiro atoms. The molecule has 20 heavy (non-hydrogen) atoms. The van der Waals surface area contributed by atoms with Gasteiger partial charge in [0, 0.05) is 5.02 Å². The van der Waals surface area contributed by atoms with Gasteiger partial charge < -0.3 is 9.64 Å². The quantitative estimate of drug-likeness (QED) is 0.690. The molecule has 0 amide bonds. The van der Waals surface area contributed by atoms with Gasteiger partial charge in [-0.1, -0.05) is 11.6 Å². The summed E-state index contributed by atoms with van der Waals surface area (Å²) in [4.78, 5) is 1.69. The van der Waals surface area contributed by atoms with E-state index in [1.54, 1.807) is 4.90 Å². The summed E-state index contributed by atoms with van der Waals surface area (Å²) in [6.45, 7) is 13.1. The van der Waals surface area contributed by atoms with E-state index in [1.807, 2.05) is 26.0 Å². The summed E-state index contributed by atoms with van der Waals surface area (Å²) in [7, 11) is 0. The molecule has 0 atom stereocenters. The summed E-state index contributed by atoms with van der Waals surface area (Å²) in [5, 5.41) is 0.847. The van der Waals surface area contributed by atoms with Crippen molar-refractivity contribution in [3.63, 3.8) is 0 Å². The SMILES string of the molecule is CC[NH+](CC)CCCCCOc1cc(C)c(Cl)c(C)c1. The van der Waals surface area contributed by atoms with Gasteiger partial charge in [0.05, 0.1) is 26.2 Å². The lowest BCUT2D eigenvalue weighted by Gasteiger charge is -2.15. The summed E-state index contributed by atoms with van der Waals surface area (Å²) in [6.07, 6.45) is 3.66. The Morgan fingerprint density at radius 2 is 1.60 bits per heavy atom. The first-order chi connectivity index (χ1) is 9.58. The molecule has 114 valence electrons. The third-order valence-electron chi connectivity index (χ3n) is 3.85. The maximum Gasteiger partial charge on any atom is 0.119 e. The number of halogens is 1. The number of aryl methyl sites for hydroxylation is 2. The normalized spacial score (nSPS) is 11.1. The van der Waals surface area contributed by atoms with Crippen molar-refractivity contribution in [3.8, 4) is 5.75 Å². The van der Waals surface area contributed by atoms with Crippen LogP contribution < -0.4 is 9.64 Å². The number of rotatable bonds is 9. The minimum absolute atomic E-state index is 0.800. The molecular weight excluding hydrogens is 270 g/mol. The van der Waals surface area contributed by atoms with Gasteiger partial charge in [-0.2, -0.15) is 0 Å². The van der Waals surface area contributed by atoms with Crippen LogP contribution in [0, 0.1) is 13.8 Å². The van der Waals surface area contributed by atoms with Crippen LogP contribution in [0.3, 0.4) is 0 Å². The third-order valence-corrected chi connectivity index (χ3v) is 4.45. The standard InChI is InChI=1S/C17H28ClNO/c1-5-19(6-2)10-8-7-9-11-20-16-12-14(3)17(18)15(4)13-16/h12-13H,5-11H2,1-4H3/p+1. The lowest BCUT2D eigenvalue weighted by atomic mass is 10.1. The summed E-state index contributed by atoms with van der Waals surface area (Å²) in [6, 6.07) is 4.05. The molecule has 0 fully saturated rings. The molecule has 0 aliphatic carbocycles. The van der Waals surface area contributed by atoms with Gasteiger partial charge in [-0.25, -0.2) is 0 Å². The zero-order chi connectivity index (χ0) is 15.0. The lowest BCUT2D eigenvalue weighted by Crippen LogP contribution is -3.11. The number of nitrogens with one attached hydrogen (secondary N) is 1. The van der Waals surface area contributed by atoms with Crippen molar-refractivity contribution in [2.75, 3.05) is 26.2 Å². The van der Waals surface area contributed by atoms with E-state index in [-0.39, 0.29) is 0 Å². The van der Waals surface area contributed by atoms with Crippen LogP contribution in [0.2, 0.25) is 5.02 Å². The van der Waals surface area contributed by atoms with Crippen LogP contribution in [0.5, 0.6) is 5.75 Å². The fourth-order valence-electron chi connectivity index (χ4n) is 2.44. The second kappa shape index (κ2) is 9.25. The molecule has 0 aliphatic rings. The smallest absolute Gasteiger partial charge is 0.119 e. The van der Waals surface area contributed by atoms with Crippen molar-refractivity contribution in [3.05, 3.63) is 28.3 Å². The Hall–Kier alpha value is -0.730. The number of ether oxygens (including phenoxy) is 1. The summed E-state index contributed by atoms with van der Waals surface area (Å²) in [5.41, 5.74) is 2.18. The summed E-state index contributed by atoms with van der Waals surface area (Å²) >= 11 is 6.15. The Labute approximate surface area is 129 Å². The molecule has 0 saturated heterocycles. The van der Waals surface area contributed by atoms with Crippen molar-refractivity contribution in [1.82, 2.24) is 0 Å². The molecule has 0 aromatic heterocycles. The fraction of sp³-hybridized carbons (Fsp3) is 0.647. The molecule has 1 N–H and O–H groups in total. The minimum atomic E-state index is 0.800. The highest BCUT2D eigenvalue weighted by Crippen LogP contribution is 2.25. The van der Waals surface area contributed by atoms with Crippen molar-refractivity contribution in [1.29, 1.82) is 0 Å². The largest absolute Gasteiger partial charge is 0.494 e. The minimum Gasteiger partial charge on any atom is -0.494 e. The van der Waals surface area contributed by atoms with Gasteiger partial charge in [0.1, 0.15) is 5.75 Å². The monoisotopic (exact) mass is 298 g/mol. The highest BCUT2D eigenvalue weighted by molar-refractivity contribution is 6.32. The van der Waals surface area contributed by atoms with Crippen LogP contribution in [-0.4, -0.2) is 26.2 Å². The van der Waals surface area contributed by atoms with Crippen LogP contribution in [0.15, 0.2) is 12.1 Å². The van der Waals surface area contributed by atoms with E-state index in [0.29, 0.717) is 0 Å². The predicted octanol–water partition coefficient (Wildman–Crippen LogP) is 3.43. The molecule has 1 aromatic carbocycles. The third kappa shape index (κ3) is 5.72. The maximum absolute atomic E-state index is 6.15. The highest BCUT2D eigenvalue weighted by Gasteiger charge is 2.04. The van der Waals surface area contributed by atoms with E-state index >= 15 is 0 Å². The summed E-state index contributed by atoms with van der Waals surface area (Å²) < 4.78 is 5.82. The Morgan fingerprint density at radius 3 is 2.15 bits per heavy atom. The van der Waals surface area contributed by atoms with E-state index in [2.05, 4.69) is 13.8 Å². The second-order valence-electron chi connectivity index (χ2n) is 5.49. The van der Waals surface area contributed by atoms with E-state index in [9.17, 15) is 0 Å². The van der Waals surface area contributed by atoms with Crippen molar-refractivity contribution >= 4 is 11.6 Å². The number of hydrogen-bond acceptors (Lipinski definition) is 1. The Morgan fingerprint density at radius 1 is 1.00 bits per heavy atom. The van der Waals surface area contributed by atoms with Gasteiger partial charge in [-0.3, -0.25) is 0 Å². The molecular formula is C17H29ClNO+. The van der Waals surface area contributed by atoms with E-state index < -0.39 is 0 Å². The van der Waals surface area contributed by atoms with Gasteiger partial charge in [-0.15, -0.1) is 0 Å². The fourth-order valence-corrected chi connectivity index (χ4v) is 2.55. The van der Waals surface area contributed by atoms with Gasteiger partial charge in [-0.05, 0) is 70.2 Å². The Kier molecular flexibility index (Phi) is 8.01. The average Bonchev–Trinajstić information content (AvgIpc) is 2.44. The summed E-state index contributed by atoms with van der Waals surface area (Å²) in [5.74, 6) is 0.943. The molecule has 0 heterocycles. The number of quaternary nitrogens is 1. The van der Waals surface area contributed by atoms with Gasteiger partial charge in [0.15, 0.2) is 0 Å². The molecule has 0 saturated carbocycles. The predicted molar refractivity (Wildman–Crippen MR) is 87.2 cm³/mol. The van der Waals surface area contributed by atoms with Gasteiger partial charge >= 0.3 is 0 Å². The molecule has 1 aromatic rings. The maximum atomic E-state index is 6.15. The van der Waals surface area contributed by atoms with Crippen LogP contribution in [0.4, 0.5) is 0 Å². The first-order valence-corrected chi connectivity index (χ1v) is 8.19. The van der Waals surface area contributed by atoms with Crippen LogP contribution in [0.25, 0.3) is 0 Å². The van der Waals surface area contributed by atoms with E-state index in [0.717, 1.165) is 34.9 Å². The van der Waals surface area contributed by atoms with Crippen molar-refractivity contribution < 1.29 is 9.64 Å². The second-order valence-corrected chi connectivity index (χ2v) is 5.87. The molecule has 0 radical (unpaired) electrons. The Balaban J connectivity index is 2.22. The zero-order valence-electron chi connectivity index (χ0n) is 13.4. The first-order valence-electron chi connectivity index (χ1n) is 7.81. The van der Waals surface area contributed by atoms with Gasteiger partial charge in [0.2, 0.25) is 0 Å². The number of hydrogen-bond donors (Lipinski definition) is 1. The molecule has 1 rings (SSSR count). The zero-order valence-corrected chi connectivity index (χ0v) is 14.1. The number of unbranched alkanes of at least 4 members (excludes halogenated alkanes) is 2. The number of benzene rings is 1. The molecule has 3 heteroatoms. The van der Waals surface area contributed by atoms with Crippen LogP contribution in [-0.2, 0) is 0 Å². The molecule has 0 aliphatic heterocycles. The van der Waals surface area contributed by atoms with Crippen molar-refractivity contribution in [2.24, 2.45) is 0 Å². The van der Waals surface area contributed by atoms with Crippen LogP contribution >= 0.6 is 11.6 Å². The molecule has 0 unspecified atom stereocenters. The lowest BCUT2D eigenvalue weighted by molar-refractivity contribution is -0.896. The van der Waals surface area contributed by atoms with Gasteiger partial charge in [0.25, 0.3) is 0 Å².